The van der Waals surface area contributed by atoms with Crippen molar-refractivity contribution in [1.82, 2.24) is 0 Å². The summed E-state index contributed by atoms with van der Waals surface area (Å²) in [7, 11) is 0. The number of alkyl halides is 3. The fourth-order valence-corrected chi connectivity index (χ4v) is 4.01. The first kappa shape index (κ1) is 17.9. The Kier molecular flexibility index (Phi) is 4.86. The van der Waals surface area contributed by atoms with Crippen LogP contribution in [0.15, 0.2) is 18.2 Å². The highest BCUT2D eigenvalue weighted by atomic mass is 35.5. The van der Waals surface area contributed by atoms with Gasteiger partial charge in [-0.25, -0.2) is 0 Å². The molecule has 0 spiro atoms. The molecule has 1 aliphatic rings. The van der Waals surface area contributed by atoms with Crippen molar-refractivity contribution >= 4 is 40.1 Å². The molecule has 0 saturated heterocycles. The molecule has 132 valence electrons. The highest BCUT2D eigenvalue weighted by Gasteiger charge is 2.35. The second-order valence-corrected chi connectivity index (χ2v) is 6.77. The molecule has 2 heterocycles. The van der Waals surface area contributed by atoms with Gasteiger partial charge in [0.15, 0.2) is 6.29 Å². The Balaban J connectivity index is 1.94. The summed E-state index contributed by atoms with van der Waals surface area (Å²) in [6, 6.07) is 3.11. The number of thiophene rings is 1. The number of hydrogen-bond acceptors (Lipinski definition) is 4. The first-order chi connectivity index (χ1) is 11.8. The van der Waals surface area contributed by atoms with E-state index in [1.54, 1.807) is 0 Å². The third-order valence-electron chi connectivity index (χ3n) is 3.75. The second kappa shape index (κ2) is 6.78. The fraction of sp³-hybridized carbons (Fsp3) is 0.250. The number of anilines is 1. The molecule has 1 N–H and O–H groups in total. The van der Waals surface area contributed by atoms with Gasteiger partial charge in [-0.15, -0.1) is 11.3 Å². The summed E-state index contributed by atoms with van der Waals surface area (Å²) in [6.45, 7) is 0.777. The number of fused-ring (bicyclic) bond motifs is 1. The van der Waals surface area contributed by atoms with Crippen molar-refractivity contribution < 1.29 is 27.5 Å². The van der Waals surface area contributed by atoms with Crippen LogP contribution in [0, 0.1) is 0 Å². The molecule has 1 amide bonds. The smallest absolute Gasteiger partial charge is 0.376 e. The highest BCUT2D eigenvalue weighted by molar-refractivity contribution is 7.17. The zero-order chi connectivity index (χ0) is 18.2. The number of amides is 1. The maximum absolute atomic E-state index is 12.9. The number of aldehydes is 1. The average Bonchev–Trinajstić information content (AvgIpc) is 2.90. The maximum Gasteiger partial charge on any atom is 0.417 e. The van der Waals surface area contributed by atoms with E-state index in [1.807, 2.05) is 0 Å². The van der Waals surface area contributed by atoms with Crippen molar-refractivity contribution in [3.8, 4) is 0 Å². The molecule has 1 aromatic carbocycles. The number of rotatable bonds is 3. The van der Waals surface area contributed by atoms with E-state index in [9.17, 15) is 22.8 Å². The minimum atomic E-state index is -4.67. The summed E-state index contributed by atoms with van der Waals surface area (Å²) in [5, 5.41) is 2.10. The molecule has 0 bridgehead atoms. The molecular formula is C16H11ClF3NO3S. The van der Waals surface area contributed by atoms with E-state index in [1.165, 1.54) is 17.4 Å². The predicted octanol–water partition coefficient (Wildman–Crippen LogP) is 4.56. The van der Waals surface area contributed by atoms with Crippen LogP contribution < -0.4 is 5.32 Å². The van der Waals surface area contributed by atoms with Crippen molar-refractivity contribution in [2.75, 3.05) is 11.9 Å². The van der Waals surface area contributed by atoms with Gasteiger partial charge in [0.05, 0.1) is 34.9 Å². The number of carbonyl (C=O) groups excluding carboxylic acids is 2. The first-order valence-corrected chi connectivity index (χ1v) is 8.37. The van der Waals surface area contributed by atoms with Crippen LogP contribution in [-0.4, -0.2) is 18.8 Å². The molecule has 1 aromatic heterocycles. The lowest BCUT2D eigenvalue weighted by molar-refractivity contribution is -0.137. The van der Waals surface area contributed by atoms with E-state index >= 15 is 0 Å². The van der Waals surface area contributed by atoms with Crippen molar-refractivity contribution in [3.63, 3.8) is 0 Å². The Bertz CT molecular complexity index is 848. The molecule has 1 aliphatic heterocycles. The van der Waals surface area contributed by atoms with Crippen LogP contribution in [0.2, 0.25) is 5.02 Å². The van der Waals surface area contributed by atoms with Crippen LogP contribution >= 0.6 is 22.9 Å². The Labute approximate surface area is 149 Å². The number of ether oxygens (including phenoxy) is 1. The van der Waals surface area contributed by atoms with Crippen molar-refractivity contribution in [2.24, 2.45) is 0 Å². The molecule has 0 unspecified atom stereocenters. The van der Waals surface area contributed by atoms with E-state index in [4.69, 9.17) is 16.3 Å². The van der Waals surface area contributed by atoms with Gasteiger partial charge >= 0.3 is 6.18 Å². The molecule has 9 heteroatoms. The zero-order valence-corrected chi connectivity index (χ0v) is 14.1. The molecule has 0 fully saturated rings. The zero-order valence-electron chi connectivity index (χ0n) is 12.6. The number of carbonyl (C=O) groups is 2. The molecule has 25 heavy (non-hydrogen) atoms. The first-order valence-electron chi connectivity index (χ1n) is 7.17. The van der Waals surface area contributed by atoms with Crippen LogP contribution in [0.5, 0.6) is 0 Å². The van der Waals surface area contributed by atoms with E-state index in [-0.39, 0.29) is 22.7 Å². The third kappa shape index (κ3) is 3.42. The Hall–Kier alpha value is -1.90. The summed E-state index contributed by atoms with van der Waals surface area (Å²) in [5.41, 5.74) is -0.403. The molecule has 3 rings (SSSR count). The minimum Gasteiger partial charge on any atom is -0.376 e. The molecule has 0 saturated carbocycles. The van der Waals surface area contributed by atoms with Crippen molar-refractivity contribution in [3.05, 3.63) is 50.4 Å². The summed E-state index contributed by atoms with van der Waals surface area (Å²) < 4.78 is 44.1. The largest absolute Gasteiger partial charge is 0.417 e. The van der Waals surface area contributed by atoms with Crippen LogP contribution in [0.3, 0.4) is 0 Å². The van der Waals surface area contributed by atoms with Gasteiger partial charge in [0.2, 0.25) is 0 Å². The molecule has 0 radical (unpaired) electrons. The van der Waals surface area contributed by atoms with Gasteiger partial charge in [0.1, 0.15) is 5.00 Å². The highest BCUT2D eigenvalue weighted by Crippen LogP contribution is 2.38. The standard InChI is InChI=1S/C16H11ClF3NO3S/c17-13-8(2-1-3-11(13)16(18,19)20)14(23)21-15-9(6-22)10-7-24-5-4-12(10)25-15/h1-3,6H,4-5,7H2,(H,21,23). The second-order valence-electron chi connectivity index (χ2n) is 5.29. The van der Waals surface area contributed by atoms with Crippen LogP contribution in [-0.2, 0) is 23.9 Å². The third-order valence-corrected chi connectivity index (χ3v) is 5.38. The molecule has 4 nitrogen and oxygen atoms in total. The average molecular weight is 390 g/mol. The summed E-state index contributed by atoms with van der Waals surface area (Å²) in [4.78, 5) is 24.7. The van der Waals surface area contributed by atoms with Crippen LogP contribution in [0.1, 0.15) is 36.7 Å². The quantitative estimate of drug-likeness (QED) is 0.783. The molecule has 2 aromatic rings. The van der Waals surface area contributed by atoms with E-state index in [0.717, 1.165) is 17.0 Å². The fourth-order valence-electron chi connectivity index (χ4n) is 2.54. The van der Waals surface area contributed by atoms with Gasteiger partial charge in [0, 0.05) is 16.9 Å². The van der Waals surface area contributed by atoms with Crippen LogP contribution in [0.25, 0.3) is 0 Å². The lowest BCUT2D eigenvalue weighted by Gasteiger charge is -2.12. The van der Waals surface area contributed by atoms with Gasteiger partial charge in [0.25, 0.3) is 5.91 Å². The van der Waals surface area contributed by atoms with Gasteiger partial charge in [-0.2, -0.15) is 13.2 Å². The summed E-state index contributed by atoms with van der Waals surface area (Å²) >= 11 is 6.98. The maximum atomic E-state index is 12.9. The van der Waals surface area contributed by atoms with Gasteiger partial charge < -0.3 is 10.1 Å². The van der Waals surface area contributed by atoms with Gasteiger partial charge in [-0.05, 0) is 12.1 Å². The molecule has 0 aliphatic carbocycles. The number of hydrogen-bond donors (Lipinski definition) is 1. The van der Waals surface area contributed by atoms with Crippen molar-refractivity contribution in [1.29, 1.82) is 0 Å². The SMILES string of the molecule is O=Cc1c(NC(=O)c2cccc(C(F)(F)F)c2Cl)sc2c1COCC2. The number of nitrogens with one attached hydrogen (secondary N) is 1. The van der Waals surface area contributed by atoms with E-state index < -0.39 is 22.7 Å². The summed E-state index contributed by atoms with van der Waals surface area (Å²) in [6.07, 6.45) is -3.45. The number of halogens is 4. The summed E-state index contributed by atoms with van der Waals surface area (Å²) in [5.74, 6) is -0.807. The normalized spacial score (nSPS) is 14.1. The Morgan fingerprint density at radius 3 is 2.80 bits per heavy atom. The van der Waals surface area contributed by atoms with E-state index in [0.29, 0.717) is 24.9 Å². The molecule has 0 atom stereocenters. The lowest BCUT2D eigenvalue weighted by Crippen LogP contribution is -2.15. The Morgan fingerprint density at radius 2 is 2.12 bits per heavy atom. The molecular weight excluding hydrogens is 379 g/mol. The minimum absolute atomic E-state index is 0.264. The van der Waals surface area contributed by atoms with Crippen molar-refractivity contribution in [2.45, 2.75) is 19.2 Å². The lowest BCUT2D eigenvalue weighted by atomic mass is 10.1. The Morgan fingerprint density at radius 1 is 1.36 bits per heavy atom. The monoisotopic (exact) mass is 389 g/mol. The van der Waals surface area contributed by atoms with Crippen LogP contribution in [0.4, 0.5) is 18.2 Å². The van der Waals surface area contributed by atoms with Gasteiger partial charge in [-0.1, -0.05) is 17.7 Å². The van der Waals surface area contributed by atoms with E-state index in [2.05, 4.69) is 5.32 Å². The predicted molar refractivity (Wildman–Crippen MR) is 87.5 cm³/mol. The number of benzene rings is 1. The van der Waals surface area contributed by atoms with Gasteiger partial charge in [-0.3, -0.25) is 9.59 Å². The topological polar surface area (TPSA) is 55.4 Å².